The number of amides is 1. The van der Waals surface area contributed by atoms with Crippen LogP contribution in [0.15, 0.2) is 73.3 Å². The topological polar surface area (TPSA) is 87.1 Å². The molecule has 39 heavy (non-hydrogen) atoms. The van der Waals surface area contributed by atoms with Crippen molar-refractivity contribution in [3.05, 3.63) is 84.6 Å². The minimum atomic E-state index is -2.05. The van der Waals surface area contributed by atoms with E-state index in [0.29, 0.717) is 0 Å². The van der Waals surface area contributed by atoms with E-state index in [1.807, 2.05) is 4.57 Å². The minimum Gasteiger partial charge on any atom is -0.397 e. The summed E-state index contributed by atoms with van der Waals surface area (Å²) in [5, 5.41) is 4.90. The van der Waals surface area contributed by atoms with E-state index < -0.39 is 14.2 Å². The highest BCUT2D eigenvalue weighted by atomic mass is 28.4. The summed E-state index contributed by atoms with van der Waals surface area (Å²) in [6.07, 6.45) is 9.22. The highest BCUT2D eigenvalue weighted by Crippen LogP contribution is 2.39. The molecule has 0 unspecified atom stereocenters. The molecule has 0 aliphatic heterocycles. The number of rotatable bonds is 13. The molecule has 7 nitrogen and oxygen atoms in total. The number of nitrogens with zero attached hydrogens (tertiary/aromatic N) is 3. The number of carbonyl (C=O) groups excluding carboxylic acids is 1. The fourth-order valence-electron chi connectivity index (χ4n) is 4.50. The number of anilines is 1. The molecule has 0 saturated carbocycles. The van der Waals surface area contributed by atoms with Gasteiger partial charge in [0.2, 0.25) is 0 Å². The predicted molar refractivity (Wildman–Crippen MR) is 162 cm³/mol. The molecule has 3 N–H and O–H groups in total. The van der Waals surface area contributed by atoms with E-state index in [1.165, 1.54) is 16.5 Å². The van der Waals surface area contributed by atoms with Gasteiger partial charge in [0.1, 0.15) is 11.9 Å². The first-order valence-electron chi connectivity index (χ1n) is 13.9. The summed E-state index contributed by atoms with van der Waals surface area (Å²) < 4.78 is 11.0. The summed E-state index contributed by atoms with van der Waals surface area (Å²) in [6.45, 7) is 13.0. The van der Waals surface area contributed by atoms with E-state index in [9.17, 15) is 4.79 Å². The minimum absolute atomic E-state index is 0.0689. The normalized spacial score (nSPS) is 13.1. The number of nitrogens with two attached hydrogens (primary N) is 1. The van der Waals surface area contributed by atoms with E-state index in [0.717, 1.165) is 44.5 Å². The van der Waals surface area contributed by atoms with Gasteiger partial charge >= 0.3 is 0 Å². The third-order valence-corrected chi connectivity index (χ3v) is 12.3. The number of nitrogens with one attached hydrogen (secondary N) is 1. The Morgan fingerprint density at radius 1 is 1.10 bits per heavy atom. The zero-order valence-electron chi connectivity index (χ0n) is 24.0. The Morgan fingerprint density at radius 2 is 1.87 bits per heavy atom. The molecule has 0 spiro atoms. The average molecular weight is 546 g/mol. The van der Waals surface area contributed by atoms with Crippen LogP contribution in [0.1, 0.15) is 62.3 Å². The van der Waals surface area contributed by atoms with Gasteiger partial charge in [0.15, 0.2) is 8.32 Å². The lowest BCUT2D eigenvalue weighted by Crippen LogP contribution is -2.42. The van der Waals surface area contributed by atoms with Crippen LogP contribution in [0.2, 0.25) is 18.1 Å². The van der Waals surface area contributed by atoms with Crippen LogP contribution in [-0.4, -0.2) is 34.9 Å². The van der Waals surface area contributed by atoms with E-state index >= 15 is 0 Å². The molecule has 8 heteroatoms. The first-order valence-corrected chi connectivity index (χ1v) is 16.8. The van der Waals surface area contributed by atoms with Crippen LogP contribution in [0, 0.1) is 0 Å². The molecule has 2 heterocycles. The molecule has 208 valence electrons. The van der Waals surface area contributed by atoms with Crippen LogP contribution < -0.4 is 11.1 Å². The molecule has 2 aromatic heterocycles. The molecule has 4 rings (SSSR count). The summed E-state index contributed by atoms with van der Waals surface area (Å²) in [6, 6.07) is 19.4. The lowest BCUT2D eigenvalue weighted by molar-refractivity contribution is 0.0984. The third-order valence-electron chi connectivity index (χ3n) is 7.86. The zero-order chi connectivity index (χ0) is 28.0. The van der Waals surface area contributed by atoms with E-state index in [-0.39, 0.29) is 17.0 Å². The van der Waals surface area contributed by atoms with Gasteiger partial charge in [0.25, 0.3) is 5.91 Å². The van der Waals surface area contributed by atoms with Crippen molar-refractivity contribution >= 4 is 30.8 Å². The predicted octanol–water partition coefficient (Wildman–Crippen LogP) is 6.98. The largest absolute Gasteiger partial charge is 0.397 e. The van der Waals surface area contributed by atoms with Crippen molar-refractivity contribution in [3.63, 3.8) is 0 Å². The average Bonchev–Trinajstić information content (AvgIpc) is 3.54. The molecular weight excluding hydrogens is 502 g/mol. The summed E-state index contributed by atoms with van der Waals surface area (Å²) in [5.74, 6) is -0.525. The monoisotopic (exact) mass is 545 g/mol. The quantitative estimate of drug-likeness (QED) is 0.140. The number of fused-ring (bicyclic) bond motifs is 1. The second-order valence-electron chi connectivity index (χ2n) is 11.8. The van der Waals surface area contributed by atoms with Gasteiger partial charge in [-0.3, -0.25) is 4.79 Å². The maximum Gasteiger partial charge on any atom is 0.268 e. The van der Waals surface area contributed by atoms with Crippen molar-refractivity contribution in [3.8, 4) is 0 Å². The number of hydrogen-bond donors (Lipinski definition) is 2. The summed E-state index contributed by atoms with van der Waals surface area (Å²) in [4.78, 5) is 15.9. The second kappa shape index (κ2) is 12.2. The Labute approximate surface area is 233 Å². The molecule has 2 aromatic carbocycles. The smallest absolute Gasteiger partial charge is 0.268 e. The molecule has 1 atom stereocenters. The number of aryl methyl sites for hydroxylation is 2. The number of imidazole rings is 1. The number of primary amides is 1. The van der Waals surface area contributed by atoms with Gasteiger partial charge in [-0.2, -0.15) is 0 Å². The van der Waals surface area contributed by atoms with Crippen LogP contribution in [0.5, 0.6) is 0 Å². The zero-order valence-corrected chi connectivity index (χ0v) is 25.0. The first kappa shape index (κ1) is 28.6. The molecule has 0 aliphatic carbocycles. The lowest BCUT2D eigenvalue weighted by Gasteiger charge is -2.39. The van der Waals surface area contributed by atoms with Crippen LogP contribution in [0.3, 0.4) is 0 Å². The van der Waals surface area contributed by atoms with Gasteiger partial charge in [-0.1, -0.05) is 57.2 Å². The fourth-order valence-corrected chi connectivity index (χ4v) is 5.78. The maximum absolute atomic E-state index is 11.7. The van der Waals surface area contributed by atoms with Crippen molar-refractivity contribution < 1.29 is 9.22 Å². The number of benzene rings is 2. The van der Waals surface area contributed by atoms with Crippen molar-refractivity contribution in [1.82, 2.24) is 14.1 Å². The van der Waals surface area contributed by atoms with Gasteiger partial charge in [0.05, 0.1) is 11.8 Å². The SMILES string of the molecule is CC(C)(C)[Si](C)(C)O[C@H](CCCn1ccc2ccc(NCCCc3ccccc3)cc21)n1cnc(C(N)=O)c1. The Hall–Kier alpha value is -3.36. The molecule has 0 bridgehead atoms. The van der Waals surface area contributed by atoms with E-state index in [1.54, 1.807) is 12.5 Å². The number of carbonyl (C=O) groups is 1. The number of aromatic nitrogens is 3. The van der Waals surface area contributed by atoms with E-state index in [2.05, 4.69) is 110 Å². The Morgan fingerprint density at radius 3 is 2.56 bits per heavy atom. The van der Waals surface area contributed by atoms with Crippen molar-refractivity contribution in [2.75, 3.05) is 11.9 Å². The highest BCUT2D eigenvalue weighted by molar-refractivity contribution is 6.74. The molecule has 0 radical (unpaired) electrons. The van der Waals surface area contributed by atoms with Gasteiger partial charge in [-0.15, -0.1) is 0 Å². The van der Waals surface area contributed by atoms with Crippen LogP contribution in [0.25, 0.3) is 10.9 Å². The molecule has 4 aromatic rings. The lowest BCUT2D eigenvalue weighted by atomic mass is 10.1. The van der Waals surface area contributed by atoms with Crippen LogP contribution in [-0.2, 0) is 17.4 Å². The molecule has 0 fully saturated rings. The standard InChI is InChI=1S/C31H43N5O2Si/c1-31(2,3)39(4,5)38-29(36-22-27(30(32)37)34-23-36)14-10-19-35-20-17-25-15-16-26(21-28(25)35)33-18-9-13-24-11-7-6-8-12-24/h6-8,11-12,15-17,20-23,29,33H,9-10,13-14,18-19H2,1-5H3,(H2,32,37)/t29-/m1/s1. The Bertz CT molecular complexity index is 1370. The van der Waals surface area contributed by atoms with Gasteiger partial charge in [-0.05, 0) is 73.0 Å². The van der Waals surface area contributed by atoms with Crippen LogP contribution in [0.4, 0.5) is 5.69 Å². The Balaban J connectivity index is 1.40. The van der Waals surface area contributed by atoms with Gasteiger partial charge < -0.3 is 24.6 Å². The molecule has 0 saturated heterocycles. The fraction of sp³-hybridized carbons (Fsp3) is 0.419. The van der Waals surface area contributed by atoms with Crippen LogP contribution >= 0.6 is 0 Å². The molecule has 0 aliphatic rings. The van der Waals surface area contributed by atoms with E-state index in [4.69, 9.17) is 10.2 Å². The van der Waals surface area contributed by atoms with Gasteiger partial charge in [-0.25, -0.2) is 4.98 Å². The van der Waals surface area contributed by atoms with Crippen molar-refractivity contribution in [2.24, 2.45) is 5.73 Å². The highest BCUT2D eigenvalue weighted by Gasteiger charge is 2.39. The van der Waals surface area contributed by atoms with Gasteiger partial charge in [0, 0.05) is 31.2 Å². The van der Waals surface area contributed by atoms with Crippen molar-refractivity contribution in [2.45, 2.75) is 77.4 Å². The molecule has 1 amide bonds. The molecular formula is C31H43N5O2Si. The summed E-state index contributed by atoms with van der Waals surface area (Å²) >= 11 is 0. The van der Waals surface area contributed by atoms with Crippen molar-refractivity contribution in [1.29, 1.82) is 0 Å². The Kier molecular flexibility index (Phi) is 8.97. The summed E-state index contributed by atoms with van der Waals surface area (Å²) in [5.41, 5.74) is 9.47. The third kappa shape index (κ3) is 7.39. The first-order chi connectivity index (χ1) is 18.5. The maximum atomic E-state index is 11.7. The second-order valence-corrected chi connectivity index (χ2v) is 16.6. The number of hydrogen-bond acceptors (Lipinski definition) is 4. The summed E-state index contributed by atoms with van der Waals surface area (Å²) in [7, 11) is -2.05.